The van der Waals surface area contributed by atoms with E-state index in [9.17, 15) is 4.79 Å². The average molecular weight is 263 g/mol. The van der Waals surface area contributed by atoms with Crippen molar-refractivity contribution in [3.05, 3.63) is 11.9 Å². The van der Waals surface area contributed by atoms with E-state index in [1.807, 2.05) is 32.6 Å². The van der Waals surface area contributed by atoms with Crippen molar-refractivity contribution in [2.45, 2.75) is 39.2 Å². The highest BCUT2D eigenvalue weighted by atomic mass is 16.2. The minimum atomic E-state index is -0.632. The van der Waals surface area contributed by atoms with Crippen LogP contribution in [0.3, 0.4) is 0 Å². The maximum Gasteiger partial charge on any atom is 0.245 e. The van der Waals surface area contributed by atoms with Crippen LogP contribution >= 0.6 is 0 Å². The number of anilines is 2. The molecule has 1 amide bonds. The van der Waals surface area contributed by atoms with Gasteiger partial charge < -0.3 is 16.0 Å². The number of carbonyl (C=O) groups excluding carboxylic acids is 1. The zero-order valence-corrected chi connectivity index (χ0v) is 11.9. The lowest BCUT2D eigenvalue weighted by Gasteiger charge is -2.42. The Morgan fingerprint density at radius 3 is 2.74 bits per heavy atom. The van der Waals surface area contributed by atoms with Gasteiger partial charge in [0.1, 0.15) is 23.0 Å². The fourth-order valence-corrected chi connectivity index (χ4v) is 2.17. The summed E-state index contributed by atoms with van der Waals surface area (Å²) in [5, 5.41) is 2.87. The van der Waals surface area contributed by atoms with Crippen molar-refractivity contribution in [1.82, 2.24) is 15.3 Å². The van der Waals surface area contributed by atoms with Crippen molar-refractivity contribution in [1.29, 1.82) is 0 Å². The fraction of sp³-hybridized carbons (Fsp3) is 0.615. The highest BCUT2D eigenvalue weighted by Crippen LogP contribution is 2.26. The van der Waals surface area contributed by atoms with Crippen molar-refractivity contribution in [3.63, 3.8) is 0 Å². The van der Waals surface area contributed by atoms with E-state index >= 15 is 0 Å². The van der Waals surface area contributed by atoms with Crippen LogP contribution in [0.2, 0.25) is 0 Å². The molecule has 0 atom stereocenters. The Morgan fingerprint density at radius 1 is 1.42 bits per heavy atom. The Morgan fingerprint density at radius 2 is 2.11 bits per heavy atom. The lowest BCUT2D eigenvalue weighted by Crippen LogP contribution is -2.62. The first kappa shape index (κ1) is 13.6. The van der Waals surface area contributed by atoms with Gasteiger partial charge in [-0.1, -0.05) is 13.8 Å². The number of amides is 1. The number of rotatable bonds is 2. The van der Waals surface area contributed by atoms with E-state index < -0.39 is 5.54 Å². The largest absolute Gasteiger partial charge is 0.384 e. The fourth-order valence-electron chi connectivity index (χ4n) is 2.17. The Bertz CT molecular complexity index is 498. The smallest absolute Gasteiger partial charge is 0.245 e. The monoisotopic (exact) mass is 263 g/mol. The van der Waals surface area contributed by atoms with E-state index in [1.165, 1.54) is 0 Å². The third-order valence-electron chi connectivity index (χ3n) is 3.39. The second-order valence-corrected chi connectivity index (χ2v) is 5.63. The standard InChI is InChI=1S/C13H21N5O/c1-8(2)11-16-9(14)7-10(17-11)18-6-5-15-12(19)13(18,3)4/h7-8H,5-6H2,1-4H3,(H,15,19)(H2,14,16,17). The van der Waals surface area contributed by atoms with Gasteiger partial charge in [0.15, 0.2) is 0 Å². The van der Waals surface area contributed by atoms with Crippen LogP contribution in [0, 0.1) is 0 Å². The molecule has 1 aliphatic heterocycles. The zero-order chi connectivity index (χ0) is 14.2. The van der Waals surface area contributed by atoms with Crippen molar-refractivity contribution in [2.75, 3.05) is 23.7 Å². The third-order valence-corrected chi connectivity index (χ3v) is 3.39. The molecule has 0 unspecified atom stereocenters. The molecule has 0 saturated carbocycles. The van der Waals surface area contributed by atoms with E-state index in [1.54, 1.807) is 6.07 Å². The summed E-state index contributed by atoms with van der Waals surface area (Å²) < 4.78 is 0. The molecular weight excluding hydrogens is 242 g/mol. The molecule has 3 N–H and O–H groups in total. The molecule has 0 bridgehead atoms. The van der Waals surface area contributed by atoms with Crippen LogP contribution in [0.4, 0.5) is 11.6 Å². The van der Waals surface area contributed by atoms with Crippen molar-refractivity contribution in [2.24, 2.45) is 0 Å². The highest BCUT2D eigenvalue weighted by Gasteiger charge is 2.38. The summed E-state index contributed by atoms with van der Waals surface area (Å²) in [7, 11) is 0. The molecule has 6 nitrogen and oxygen atoms in total. The van der Waals surface area contributed by atoms with E-state index in [0.29, 0.717) is 24.7 Å². The lowest BCUT2D eigenvalue weighted by molar-refractivity contribution is -0.126. The summed E-state index contributed by atoms with van der Waals surface area (Å²) in [6.07, 6.45) is 0. The summed E-state index contributed by atoms with van der Waals surface area (Å²) >= 11 is 0. The highest BCUT2D eigenvalue weighted by molar-refractivity contribution is 5.90. The van der Waals surface area contributed by atoms with Crippen LogP contribution < -0.4 is 16.0 Å². The van der Waals surface area contributed by atoms with Gasteiger partial charge in [0.05, 0.1) is 0 Å². The van der Waals surface area contributed by atoms with Crippen LogP contribution in [0.5, 0.6) is 0 Å². The maximum atomic E-state index is 12.0. The predicted molar refractivity (Wildman–Crippen MR) is 75.0 cm³/mol. The normalized spacial score (nSPS) is 18.6. The minimum Gasteiger partial charge on any atom is -0.384 e. The summed E-state index contributed by atoms with van der Waals surface area (Å²) in [5.41, 5.74) is 5.22. The van der Waals surface area contributed by atoms with Gasteiger partial charge in [0, 0.05) is 25.1 Å². The molecule has 1 aromatic rings. The number of nitrogens with two attached hydrogens (primary N) is 1. The lowest BCUT2D eigenvalue weighted by atomic mass is 9.99. The number of hydrogen-bond donors (Lipinski definition) is 2. The number of carbonyl (C=O) groups is 1. The van der Waals surface area contributed by atoms with Gasteiger partial charge in [-0.2, -0.15) is 0 Å². The number of nitrogens with one attached hydrogen (secondary N) is 1. The zero-order valence-electron chi connectivity index (χ0n) is 11.9. The first-order valence-corrected chi connectivity index (χ1v) is 6.52. The Labute approximate surface area is 113 Å². The van der Waals surface area contributed by atoms with E-state index in [2.05, 4.69) is 15.3 Å². The second kappa shape index (κ2) is 4.68. The van der Waals surface area contributed by atoms with E-state index in [0.717, 1.165) is 5.82 Å². The topological polar surface area (TPSA) is 84.1 Å². The van der Waals surface area contributed by atoms with Crippen LogP contribution in [0.15, 0.2) is 6.07 Å². The number of hydrogen-bond acceptors (Lipinski definition) is 5. The van der Waals surface area contributed by atoms with Gasteiger partial charge >= 0.3 is 0 Å². The predicted octanol–water partition coefficient (Wildman–Crippen LogP) is 0.897. The first-order chi connectivity index (χ1) is 8.82. The molecule has 1 aromatic heterocycles. The molecule has 104 valence electrons. The molecule has 0 radical (unpaired) electrons. The summed E-state index contributed by atoms with van der Waals surface area (Å²) in [5.74, 6) is 2.06. The minimum absolute atomic E-state index is 0.00188. The average Bonchev–Trinajstić information content (AvgIpc) is 2.31. The van der Waals surface area contributed by atoms with E-state index in [-0.39, 0.29) is 11.8 Å². The molecule has 0 aliphatic carbocycles. The number of nitrogens with zero attached hydrogens (tertiary/aromatic N) is 3. The second-order valence-electron chi connectivity index (χ2n) is 5.63. The summed E-state index contributed by atoms with van der Waals surface area (Å²) in [6, 6.07) is 1.73. The molecule has 2 heterocycles. The van der Waals surface area contributed by atoms with Gasteiger partial charge in [-0.05, 0) is 13.8 Å². The van der Waals surface area contributed by atoms with Crippen LogP contribution in [-0.2, 0) is 4.79 Å². The molecule has 6 heteroatoms. The molecular formula is C13H21N5O. The van der Waals surface area contributed by atoms with Crippen LogP contribution in [-0.4, -0.2) is 34.5 Å². The van der Waals surface area contributed by atoms with Crippen LogP contribution in [0.1, 0.15) is 39.4 Å². The van der Waals surface area contributed by atoms with Crippen LogP contribution in [0.25, 0.3) is 0 Å². The first-order valence-electron chi connectivity index (χ1n) is 6.52. The van der Waals surface area contributed by atoms with Gasteiger partial charge in [-0.15, -0.1) is 0 Å². The molecule has 1 saturated heterocycles. The quantitative estimate of drug-likeness (QED) is 0.828. The Kier molecular flexibility index (Phi) is 3.34. The SMILES string of the molecule is CC(C)c1nc(N)cc(N2CCNC(=O)C2(C)C)n1. The van der Waals surface area contributed by atoms with Crippen molar-refractivity contribution in [3.8, 4) is 0 Å². The summed E-state index contributed by atoms with van der Waals surface area (Å²) in [4.78, 5) is 22.7. The molecule has 0 aromatic carbocycles. The van der Waals surface area contributed by atoms with E-state index in [4.69, 9.17) is 5.73 Å². The Hall–Kier alpha value is -1.85. The molecule has 1 aliphatic rings. The Balaban J connectivity index is 2.43. The van der Waals surface area contributed by atoms with Gasteiger partial charge in [-0.25, -0.2) is 9.97 Å². The van der Waals surface area contributed by atoms with Gasteiger partial charge in [0.25, 0.3) is 0 Å². The van der Waals surface area contributed by atoms with Gasteiger partial charge in [0.2, 0.25) is 5.91 Å². The number of aromatic nitrogens is 2. The van der Waals surface area contributed by atoms with Gasteiger partial charge in [-0.3, -0.25) is 4.79 Å². The molecule has 0 spiro atoms. The van der Waals surface area contributed by atoms with Crippen molar-refractivity contribution < 1.29 is 4.79 Å². The third kappa shape index (κ3) is 2.47. The molecule has 19 heavy (non-hydrogen) atoms. The molecule has 2 rings (SSSR count). The van der Waals surface area contributed by atoms with Crippen molar-refractivity contribution >= 4 is 17.5 Å². The maximum absolute atomic E-state index is 12.0. The summed E-state index contributed by atoms with van der Waals surface area (Å²) in [6.45, 7) is 9.14. The number of piperazine rings is 1. The number of nitrogen functional groups attached to an aromatic ring is 1. The molecule has 1 fully saturated rings.